The topological polar surface area (TPSA) is 105 Å². The van der Waals surface area contributed by atoms with Crippen LogP contribution in [0.3, 0.4) is 0 Å². The van der Waals surface area contributed by atoms with E-state index in [0.717, 1.165) is 19.9 Å². The quantitative estimate of drug-likeness (QED) is 0.167. The van der Waals surface area contributed by atoms with Crippen molar-refractivity contribution in [3.05, 3.63) is 119 Å². The number of hydrogen-bond acceptors (Lipinski definition) is 6. The third kappa shape index (κ3) is 8.67. The maximum Gasteiger partial charge on any atom is 0.264 e. The maximum atomic E-state index is 14.6. The minimum absolute atomic E-state index is 0.0351. The van der Waals surface area contributed by atoms with Gasteiger partial charge in [-0.1, -0.05) is 77.5 Å². The largest absolute Gasteiger partial charge is 0.497 e. The highest BCUT2D eigenvalue weighted by atomic mass is 79.9. The number of rotatable bonds is 15. The molecule has 11 heteroatoms. The Kier molecular flexibility index (Phi) is 12.2. The Morgan fingerprint density at radius 2 is 1.52 bits per heavy atom. The van der Waals surface area contributed by atoms with Gasteiger partial charge in [-0.15, -0.1) is 0 Å². The predicted octanol–water partition coefficient (Wildman–Crippen LogP) is 5.83. The molecule has 0 aliphatic rings. The normalized spacial score (nSPS) is 11.7. The maximum absolute atomic E-state index is 14.6. The molecule has 0 saturated heterocycles. The molecule has 0 aromatic heterocycles. The van der Waals surface area contributed by atoms with Crippen LogP contribution < -0.4 is 19.1 Å². The van der Waals surface area contributed by atoms with Gasteiger partial charge < -0.3 is 19.7 Å². The lowest BCUT2D eigenvalue weighted by Gasteiger charge is -2.34. The number of halogens is 1. The van der Waals surface area contributed by atoms with Gasteiger partial charge in [-0.3, -0.25) is 13.9 Å². The van der Waals surface area contributed by atoms with Crippen molar-refractivity contribution in [2.24, 2.45) is 0 Å². The first kappa shape index (κ1) is 34.5. The molecule has 0 aliphatic heterocycles. The molecule has 0 fully saturated rings. The molecular formula is C35H38BrN3O6S. The number of benzene rings is 4. The van der Waals surface area contributed by atoms with Crippen molar-refractivity contribution in [2.75, 3.05) is 31.6 Å². The Morgan fingerprint density at radius 1 is 0.848 bits per heavy atom. The predicted molar refractivity (Wildman–Crippen MR) is 182 cm³/mol. The molecule has 0 unspecified atom stereocenters. The zero-order chi connectivity index (χ0) is 33.1. The van der Waals surface area contributed by atoms with Gasteiger partial charge in [-0.25, -0.2) is 8.42 Å². The number of carbonyl (C=O) groups is 2. The number of nitrogens with one attached hydrogen (secondary N) is 1. The Bertz CT molecular complexity index is 1720. The summed E-state index contributed by atoms with van der Waals surface area (Å²) in [7, 11) is -1.37. The van der Waals surface area contributed by atoms with Gasteiger partial charge in [0.1, 0.15) is 24.1 Å². The second kappa shape index (κ2) is 16.3. The summed E-state index contributed by atoms with van der Waals surface area (Å²) in [5.74, 6) is -0.125. The van der Waals surface area contributed by atoms with Crippen LogP contribution in [0.5, 0.6) is 11.5 Å². The molecule has 0 bridgehead atoms. The Labute approximate surface area is 279 Å². The first-order valence-corrected chi connectivity index (χ1v) is 17.1. The van der Waals surface area contributed by atoms with Crippen molar-refractivity contribution in [3.8, 4) is 11.5 Å². The van der Waals surface area contributed by atoms with Crippen LogP contribution in [-0.2, 0) is 32.6 Å². The van der Waals surface area contributed by atoms with Crippen molar-refractivity contribution in [1.82, 2.24) is 10.2 Å². The van der Waals surface area contributed by atoms with Crippen molar-refractivity contribution >= 4 is 43.5 Å². The van der Waals surface area contributed by atoms with Crippen LogP contribution in [0.15, 0.2) is 112 Å². The summed E-state index contributed by atoms with van der Waals surface area (Å²) in [6.45, 7) is 1.86. The third-order valence-electron chi connectivity index (χ3n) is 7.34. The zero-order valence-corrected chi connectivity index (χ0v) is 28.5. The van der Waals surface area contributed by atoms with E-state index in [1.54, 1.807) is 36.4 Å². The Hall–Kier alpha value is -4.35. The fourth-order valence-electron chi connectivity index (χ4n) is 4.98. The average Bonchev–Trinajstić information content (AvgIpc) is 3.08. The fraction of sp³-hybridized carbons (Fsp3) is 0.257. The van der Waals surface area contributed by atoms with Gasteiger partial charge in [0.15, 0.2) is 0 Å². The number of ether oxygens (including phenoxy) is 2. The molecule has 0 spiro atoms. The first-order valence-electron chi connectivity index (χ1n) is 14.8. The van der Waals surface area contributed by atoms with Crippen molar-refractivity contribution < 1.29 is 27.5 Å². The number of carbonyl (C=O) groups excluding carboxylic acids is 2. The number of anilines is 1. The Balaban J connectivity index is 1.82. The minimum atomic E-state index is -4.30. The van der Waals surface area contributed by atoms with E-state index >= 15 is 0 Å². The summed E-state index contributed by atoms with van der Waals surface area (Å²) in [4.78, 5) is 29.8. The highest BCUT2D eigenvalue weighted by Crippen LogP contribution is 2.33. The standard InChI is InChI=1S/C35H38BrN3O6S/c1-4-21-37-35(41)32(23-26-11-6-5-7-12-26)38(24-27-13-10-14-28(36)22-27)34(40)25-39(31-15-8-9-16-33(31)45-3)46(42,43)30-19-17-29(44-2)18-20-30/h5-20,22,32H,4,21,23-25H2,1-3H3,(H,37,41)/t32-/m0/s1. The Morgan fingerprint density at radius 3 is 2.17 bits per heavy atom. The molecule has 1 N–H and O–H groups in total. The molecule has 0 saturated carbocycles. The highest BCUT2D eigenvalue weighted by molar-refractivity contribution is 9.10. The van der Waals surface area contributed by atoms with Gasteiger partial charge >= 0.3 is 0 Å². The number of sulfonamides is 1. The number of methoxy groups -OCH3 is 2. The van der Waals surface area contributed by atoms with Crippen molar-refractivity contribution in [3.63, 3.8) is 0 Å². The first-order chi connectivity index (χ1) is 22.2. The van der Waals surface area contributed by atoms with Gasteiger partial charge in [0, 0.05) is 24.0 Å². The number of para-hydroxylation sites is 2. The van der Waals surface area contributed by atoms with Gasteiger partial charge in [-0.2, -0.15) is 0 Å². The number of amides is 2. The smallest absolute Gasteiger partial charge is 0.264 e. The summed E-state index contributed by atoms with van der Waals surface area (Å²) in [6.07, 6.45) is 0.946. The fourth-order valence-corrected chi connectivity index (χ4v) is 6.85. The van der Waals surface area contributed by atoms with Crippen LogP contribution in [0.1, 0.15) is 24.5 Å². The molecule has 4 aromatic carbocycles. The van der Waals surface area contributed by atoms with Crippen LogP contribution in [0.2, 0.25) is 0 Å². The van der Waals surface area contributed by atoms with E-state index in [0.29, 0.717) is 18.7 Å². The molecule has 4 aromatic rings. The summed E-state index contributed by atoms with van der Waals surface area (Å²) in [5.41, 5.74) is 1.82. The summed E-state index contributed by atoms with van der Waals surface area (Å²) >= 11 is 3.50. The number of hydrogen-bond donors (Lipinski definition) is 1. The van der Waals surface area contributed by atoms with Crippen molar-refractivity contribution in [2.45, 2.75) is 37.2 Å². The molecule has 0 aliphatic carbocycles. The molecule has 0 radical (unpaired) electrons. The second-order valence-corrected chi connectivity index (χ2v) is 13.3. The van der Waals surface area contributed by atoms with Crippen LogP contribution in [-0.4, -0.2) is 58.5 Å². The van der Waals surface area contributed by atoms with E-state index in [2.05, 4.69) is 21.2 Å². The number of nitrogens with zero attached hydrogens (tertiary/aromatic N) is 2. The summed E-state index contributed by atoms with van der Waals surface area (Å²) in [6, 6.07) is 28.5. The summed E-state index contributed by atoms with van der Waals surface area (Å²) in [5, 5.41) is 2.95. The van der Waals surface area contributed by atoms with Gasteiger partial charge in [-0.05, 0) is 66.1 Å². The highest BCUT2D eigenvalue weighted by Gasteiger charge is 2.35. The van der Waals surface area contributed by atoms with E-state index in [1.807, 2.05) is 61.5 Å². The molecule has 0 heterocycles. The van der Waals surface area contributed by atoms with Crippen molar-refractivity contribution in [1.29, 1.82) is 0 Å². The van der Waals surface area contributed by atoms with Crippen LogP contribution in [0, 0.1) is 0 Å². The lowest BCUT2D eigenvalue weighted by Crippen LogP contribution is -2.53. The van der Waals surface area contributed by atoms with Gasteiger partial charge in [0.05, 0.1) is 24.8 Å². The minimum Gasteiger partial charge on any atom is -0.497 e. The van der Waals surface area contributed by atoms with Crippen LogP contribution >= 0.6 is 15.9 Å². The summed E-state index contributed by atoms with van der Waals surface area (Å²) < 4.78 is 41.1. The molecule has 1 atom stereocenters. The monoisotopic (exact) mass is 707 g/mol. The zero-order valence-electron chi connectivity index (χ0n) is 26.1. The van der Waals surface area contributed by atoms with E-state index in [4.69, 9.17) is 9.47 Å². The van der Waals surface area contributed by atoms with E-state index in [9.17, 15) is 18.0 Å². The van der Waals surface area contributed by atoms with E-state index in [1.165, 1.54) is 31.3 Å². The molecule has 46 heavy (non-hydrogen) atoms. The van der Waals surface area contributed by atoms with Crippen LogP contribution in [0.25, 0.3) is 0 Å². The van der Waals surface area contributed by atoms with Gasteiger partial charge in [0.2, 0.25) is 11.8 Å². The van der Waals surface area contributed by atoms with Crippen LogP contribution in [0.4, 0.5) is 5.69 Å². The molecule has 4 rings (SSSR count). The third-order valence-corrected chi connectivity index (χ3v) is 9.61. The van der Waals surface area contributed by atoms with E-state index < -0.39 is 28.5 Å². The molecule has 242 valence electrons. The van der Waals surface area contributed by atoms with Gasteiger partial charge in [0.25, 0.3) is 10.0 Å². The lowest BCUT2D eigenvalue weighted by atomic mass is 10.0. The van der Waals surface area contributed by atoms with E-state index in [-0.39, 0.29) is 35.2 Å². The lowest BCUT2D eigenvalue weighted by molar-refractivity contribution is -0.140. The molecule has 2 amide bonds. The second-order valence-electron chi connectivity index (χ2n) is 10.5. The molecule has 9 nitrogen and oxygen atoms in total. The molecular weight excluding hydrogens is 670 g/mol. The SMILES string of the molecule is CCCNC(=O)[C@H](Cc1ccccc1)N(Cc1cccc(Br)c1)C(=O)CN(c1ccccc1OC)S(=O)(=O)c1ccc(OC)cc1. The average molecular weight is 709 g/mol.